The number of nitrogens with one attached hydrogen (secondary N) is 2. The van der Waals surface area contributed by atoms with Crippen molar-refractivity contribution >= 4 is 34.1 Å². The molecule has 0 aliphatic heterocycles. The molecule has 3 aromatic rings. The van der Waals surface area contributed by atoms with Crippen LogP contribution in [0.4, 0.5) is 24.1 Å². The minimum atomic E-state index is -4.51. The zero-order valence-corrected chi connectivity index (χ0v) is 21.4. The highest BCUT2D eigenvalue weighted by Gasteiger charge is 2.33. The standard InChI is InChI=1S/C25H27F3N6O2S/c1-4-34(5-2)11-7-10-22(35)32-21-15-29-19(13-30-21)18-9-6-8-17(12-18)16(3)23(36)33-24-31-14-20(37-24)25(26,27)28/h6-10,12-16H,4-5,11H2,1-3H3,(H,30,32,35)(H,31,33,36)/b10-7+. The average Bonchev–Trinajstić information content (AvgIpc) is 3.36. The molecule has 0 saturated heterocycles. The molecule has 0 spiro atoms. The number of aromatic nitrogens is 3. The molecule has 1 unspecified atom stereocenters. The molecule has 37 heavy (non-hydrogen) atoms. The third-order valence-corrected chi connectivity index (χ3v) is 6.48. The molecule has 2 heterocycles. The molecule has 1 atom stereocenters. The molecule has 0 fully saturated rings. The number of halogens is 3. The van der Waals surface area contributed by atoms with Crippen LogP contribution in [0.1, 0.15) is 37.1 Å². The number of alkyl halides is 3. The van der Waals surface area contributed by atoms with Gasteiger partial charge < -0.3 is 15.5 Å². The second-order valence-corrected chi connectivity index (χ2v) is 9.06. The molecule has 2 aromatic heterocycles. The molecular formula is C25H27F3N6O2S. The Balaban J connectivity index is 1.62. The largest absolute Gasteiger partial charge is 0.427 e. The van der Waals surface area contributed by atoms with Crippen LogP contribution in [0.15, 0.2) is 55.0 Å². The molecule has 196 valence electrons. The number of rotatable bonds is 10. The third kappa shape index (κ3) is 7.92. The van der Waals surface area contributed by atoms with E-state index in [4.69, 9.17) is 0 Å². The average molecular weight is 533 g/mol. The zero-order valence-electron chi connectivity index (χ0n) is 20.5. The number of amides is 2. The highest BCUT2D eigenvalue weighted by Crippen LogP contribution is 2.35. The summed E-state index contributed by atoms with van der Waals surface area (Å²) in [4.78, 5) is 38.2. The Bertz CT molecular complexity index is 1240. The zero-order chi connectivity index (χ0) is 27.0. The number of hydrogen-bond donors (Lipinski definition) is 2. The fraction of sp³-hybridized carbons (Fsp3) is 0.320. The molecule has 2 amide bonds. The molecule has 2 N–H and O–H groups in total. The van der Waals surface area contributed by atoms with Crippen molar-refractivity contribution in [2.45, 2.75) is 32.9 Å². The number of anilines is 2. The summed E-state index contributed by atoms with van der Waals surface area (Å²) in [6.07, 6.45) is 2.37. The Morgan fingerprint density at radius 2 is 1.84 bits per heavy atom. The van der Waals surface area contributed by atoms with Gasteiger partial charge in [0.05, 0.1) is 30.2 Å². The van der Waals surface area contributed by atoms with Crippen LogP contribution in [0.25, 0.3) is 11.3 Å². The van der Waals surface area contributed by atoms with E-state index in [1.165, 1.54) is 18.5 Å². The van der Waals surface area contributed by atoms with Crippen molar-refractivity contribution in [3.63, 3.8) is 0 Å². The van der Waals surface area contributed by atoms with Gasteiger partial charge in [-0.3, -0.25) is 14.6 Å². The van der Waals surface area contributed by atoms with E-state index in [0.29, 0.717) is 46.7 Å². The molecule has 0 bridgehead atoms. The van der Waals surface area contributed by atoms with E-state index in [0.717, 1.165) is 13.1 Å². The number of hydrogen-bond acceptors (Lipinski definition) is 7. The van der Waals surface area contributed by atoms with Crippen LogP contribution in [0.5, 0.6) is 0 Å². The number of carbonyl (C=O) groups excluding carboxylic acids is 2. The van der Waals surface area contributed by atoms with Crippen molar-refractivity contribution < 1.29 is 22.8 Å². The van der Waals surface area contributed by atoms with Crippen LogP contribution >= 0.6 is 11.3 Å². The van der Waals surface area contributed by atoms with Gasteiger partial charge in [-0.25, -0.2) is 9.97 Å². The van der Waals surface area contributed by atoms with E-state index in [9.17, 15) is 22.8 Å². The van der Waals surface area contributed by atoms with E-state index >= 15 is 0 Å². The molecule has 12 heteroatoms. The lowest BCUT2D eigenvalue weighted by molar-refractivity contribution is -0.134. The minimum Gasteiger partial charge on any atom is -0.306 e. The van der Waals surface area contributed by atoms with Crippen molar-refractivity contribution in [2.24, 2.45) is 0 Å². The maximum atomic E-state index is 12.8. The van der Waals surface area contributed by atoms with Gasteiger partial charge in [0.2, 0.25) is 11.8 Å². The lowest BCUT2D eigenvalue weighted by Gasteiger charge is -2.14. The normalized spacial score (nSPS) is 12.6. The summed E-state index contributed by atoms with van der Waals surface area (Å²) in [6.45, 7) is 8.22. The van der Waals surface area contributed by atoms with Crippen LogP contribution in [-0.4, -0.2) is 51.3 Å². The van der Waals surface area contributed by atoms with Gasteiger partial charge in [-0.2, -0.15) is 13.2 Å². The lowest BCUT2D eigenvalue weighted by atomic mass is 9.97. The van der Waals surface area contributed by atoms with Gasteiger partial charge in [0.25, 0.3) is 0 Å². The van der Waals surface area contributed by atoms with Crippen LogP contribution in [0, 0.1) is 0 Å². The summed E-state index contributed by atoms with van der Waals surface area (Å²) >= 11 is 0.371. The predicted molar refractivity (Wildman–Crippen MR) is 137 cm³/mol. The summed E-state index contributed by atoms with van der Waals surface area (Å²) in [5.74, 6) is -1.16. The first-order valence-electron chi connectivity index (χ1n) is 11.6. The van der Waals surface area contributed by atoms with Crippen molar-refractivity contribution in [1.82, 2.24) is 19.9 Å². The van der Waals surface area contributed by atoms with Crippen LogP contribution < -0.4 is 10.6 Å². The summed E-state index contributed by atoms with van der Waals surface area (Å²) in [7, 11) is 0. The van der Waals surface area contributed by atoms with Gasteiger partial charge in [-0.1, -0.05) is 49.5 Å². The fourth-order valence-corrected chi connectivity index (χ4v) is 3.98. The smallest absolute Gasteiger partial charge is 0.306 e. The van der Waals surface area contributed by atoms with Crippen LogP contribution in [0.3, 0.4) is 0 Å². The molecule has 0 radical (unpaired) electrons. The Labute approximate surface area is 216 Å². The predicted octanol–water partition coefficient (Wildman–Crippen LogP) is 5.20. The summed E-state index contributed by atoms with van der Waals surface area (Å²) in [5, 5.41) is 4.98. The number of carbonyl (C=O) groups is 2. The van der Waals surface area contributed by atoms with E-state index < -0.39 is 22.9 Å². The maximum absolute atomic E-state index is 12.8. The van der Waals surface area contributed by atoms with Crippen molar-refractivity contribution in [3.05, 3.63) is 65.4 Å². The quantitative estimate of drug-likeness (QED) is 0.348. The minimum absolute atomic E-state index is 0.119. The van der Waals surface area contributed by atoms with Gasteiger partial charge >= 0.3 is 6.18 Å². The van der Waals surface area contributed by atoms with Gasteiger partial charge in [-0.05, 0) is 31.6 Å². The Morgan fingerprint density at radius 1 is 1.08 bits per heavy atom. The fourth-order valence-electron chi connectivity index (χ4n) is 3.30. The Hall–Kier alpha value is -3.64. The number of benzene rings is 1. The molecular weight excluding hydrogens is 505 g/mol. The van der Waals surface area contributed by atoms with Gasteiger partial charge in [0.15, 0.2) is 10.9 Å². The molecule has 1 aromatic carbocycles. The maximum Gasteiger partial charge on any atom is 0.427 e. The number of thiazole rings is 1. The SMILES string of the molecule is CCN(CC)C/C=C/C(=O)Nc1cnc(-c2cccc(C(C)C(=O)Nc3ncc(C(F)(F)F)s3)c2)cn1. The van der Waals surface area contributed by atoms with E-state index in [1.54, 1.807) is 37.3 Å². The first-order chi connectivity index (χ1) is 17.6. The topological polar surface area (TPSA) is 100 Å². The van der Waals surface area contributed by atoms with E-state index in [-0.39, 0.29) is 11.0 Å². The number of likely N-dealkylation sites (N-methyl/N-ethyl adjacent to an activating group) is 1. The highest BCUT2D eigenvalue weighted by atomic mass is 32.1. The third-order valence-electron chi connectivity index (χ3n) is 5.52. The lowest BCUT2D eigenvalue weighted by Crippen LogP contribution is -2.23. The summed E-state index contributed by atoms with van der Waals surface area (Å²) in [5.41, 5.74) is 1.86. The molecule has 0 aliphatic carbocycles. The molecule has 0 aliphatic rings. The molecule has 0 saturated carbocycles. The van der Waals surface area contributed by atoms with E-state index in [1.807, 2.05) is 0 Å². The monoisotopic (exact) mass is 532 g/mol. The van der Waals surface area contributed by atoms with Crippen molar-refractivity contribution in [3.8, 4) is 11.3 Å². The summed E-state index contributed by atoms with van der Waals surface area (Å²) in [6, 6.07) is 7.04. The highest BCUT2D eigenvalue weighted by molar-refractivity contribution is 7.15. The van der Waals surface area contributed by atoms with Gasteiger partial charge in [0.1, 0.15) is 4.88 Å². The number of nitrogens with zero attached hydrogens (tertiary/aromatic N) is 4. The van der Waals surface area contributed by atoms with Crippen LogP contribution in [0.2, 0.25) is 0 Å². The molecule has 8 nitrogen and oxygen atoms in total. The van der Waals surface area contributed by atoms with Crippen molar-refractivity contribution in [1.29, 1.82) is 0 Å². The molecule has 3 rings (SSSR count). The van der Waals surface area contributed by atoms with Crippen molar-refractivity contribution in [2.75, 3.05) is 30.3 Å². The van der Waals surface area contributed by atoms with E-state index in [2.05, 4.69) is 44.3 Å². The second kappa shape index (κ2) is 12.5. The second-order valence-electron chi connectivity index (χ2n) is 8.03. The Kier molecular flexibility index (Phi) is 9.48. The summed E-state index contributed by atoms with van der Waals surface area (Å²) < 4.78 is 38.3. The van der Waals surface area contributed by atoms with Crippen LogP contribution in [-0.2, 0) is 15.8 Å². The first-order valence-corrected chi connectivity index (χ1v) is 12.4. The Morgan fingerprint density at radius 3 is 2.46 bits per heavy atom. The first kappa shape index (κ1) is 27.9. The van der Waals surface area contributed by atoms with Gasteiger partial charge in [0, 0.05) is 18.2 Å². The van der Waals surface area contributed by atoms with Gasteiger partial charge in [-0.15, -0.1) is 0 Å².